The van der Waals surface area contributed by atoms with Gasteiger partial charge in [0.25, 0.3) is 0 Å². The van der Waals surface area contributed by atoms with Crippen LogP contribution in [0.1, 0.15) is 38.2 Å². The predicted octanol–water partition coefficient (Wildman–Crippen LogP) is 1.53. The highest BCUT2D eigenvalue weighted by molar-refractivity contribution is 5.07. The zero-order chi connectivity index (χ0) is 12.6. The third kappa shape index (κ3) is 2.31. The van der Waals surface area contributed by atoms with Gasteiger partial charge >= 0.3 is 0 Å². The number of nitrogens with one attached hydrogen (secondary N) is 1. The number of rotatable bonds is 2. The Kier molecular flexibility index (Phi) is 3.16. The Morgan fingerprint density at radius 3 is 2.89 bits per heavy atom. The Labute approximate surface area is 109 Å². The van der Waals surface area contributed by atoms with Crippen molar-refractivity contribution in [3.63, 3.8) is 0 Å². The van der Waals surface area contributed by atoms with E-state index in [1.807, 2.05) is 17.9 Å². The van der Waals surface area contributed by atoms with Gasteiger partial charge < -0.3 is 5.32 Å². The average Bonchev–Trinajstić information content (AvgIpc) is 2.95. The summed E-state index contributed by atoms with van der Waals surface area (Å²) in [6.07, 6.45) is 9.61. The molecule has 2 heterocycles. The van der Waals surface area contributed by atoms with E-state index >= 15 is 0 Å². The fourth-order valence-corrected chi connectivity index (χ4v) is 3.48. The van der Waals surface area contributed by atoms with Crippen molar-refractivity contribution in [2.75, 3.05) is 13.1 Å². The molecule has 4 heteroatoms. The quantitative estimate of drug-likeness (QED) is 0.861. The Balaban J connectivity index is 1.69. The topological polar surface area (TPSA) is 33.1 Å². The van der Waals surface area contributed by atoms with Gasteiger partial charge in [-0.25, -0.2) is 0 Å². The minimum absolute atomic E-state index is 0.411. The smallest absolute Gasteiger partial charge is 0.0534 e. The van der Waals surface area contributed by atoms with Crippen molar-refractivity contribution in [3.05, 3.63) is 18.0 Å². The molecule has 100 valence electrons. The highest BCUT2D eigenvalue weighted by atomic mass is 15.3. The second-order valence-corrected chi connectivity index (χ2v) is 6.14. The van der Waals surface area contributed by atoms with Crippen molar-refractivity contribution in [2.24, 2.45) is 7.05 Å². The molecule has 0 radical (unpaired) electrons. The first-order valence-corrected chi connectivity index (χ1v) is 7.13. The van der Waals surface area contributed by atoms with Crippen molar-refractivity contribution in [1.29, 1.82) is 0 Å². The zero-order valence-electron chi connectivity index (χ0n) is 11.5. The summed E-state index contributed by atoms with van der Waals surface area (Å²) >= 11 is 0. The number of aromatic nitrogens is 2. The maximum absolute atomic E-state index is 4.27. The molecule has 1 spiro atoms. The van der Waals surface area contributed by atoms with E-state index in [0.29, 0.717) is 11.6 Å². The van der Waals surface area contributed by atoms with Crippen molar-refractivity contribution < 1.29 is 0 Å². The predicted molar refractivity (Wildman–Crippen MR) is 72.3 cm³/mol. The molecule has 1 aromatic heterocycles. The first-order chi connectivity index (χ1) is 8.67. The van der Waals surface area contributed by atoms with Crippen LogP contribution in [0, 0.1) is 0 Å². The number of piperazine rings is 1. The van der Waals surface area contributed by atoms with Gasteiger partial charge in [-0.15, -0.1) is 0 Å². The van der Waals surface area contributed by atoms with E-state index in [0.717, 1.165) is 13.1 Å². The van der Waals surface area contributed by atoms with Gasteiger partial charge in [-0.3, -0.25) is 9.58 Å². The summed E-state index contributed by atoms with van der Waals surface area (Å²) in [4.78, 5) is 2.62. The van der Waals surface area contributed by atoms with Crippen LogP contribution in [-0.4, -0.2) is 39.4 Å². The van der Waals surface area contributed by atoms with Crippen LogP contribution in [0.25, 0.3) is 0 Å². The van der Waals surface area contributed by atoms with Gasteiger partial charge in [-0.05, 0) is 19.8 Å². The van der Waals surface area contributed by atoms with E-state index in [-0.39, 0.29) is 0 Å². The van der Waals surface area contributed by atoms with E-state index in [2.05, 4.69) is 28.4 Å². The largest absolute Gasteiger partial charge is 0.308 e. The number of hydrogen-bond acceptors (Lipinski definition) is 3. The number of nitrogens with zero attached hydrogens (tertiary/aromatic N) is 3. The van der Waals surface area contributed by atoms with E-state index in [9.17, 15) is 0 Å². The van der Waals surface area contributed by atoms with Crippen LogP contribution in [0.15, 0.2) is 12.4 Å². The van der Waals surface area contributed by atoms with Crippen molar-refractivity contribution in [2.45, 2.75) is 50.7 Å². The molecule has 18 heavy (non-hydrogen) atoms. The summed E-state index contributed by atoms with van der Waals surface area (Å²) in [7, 11) is 1.99. The molecule has 4 nitrogen and oxygen atoms in total. The Hall–Kier alpha value is -0.870. The lowest BCUT2D eigenvalue weighted by atomic mass is 9.92. The van der Waals surface area contributed by atoms with Crippen LogP contribution in [-0.2, 0) is 13.6 Å². The molecule has 0 aromatic carbocycles. The van der Waals surface area contributed by atoms with Crippen molar-refractivity contribution in [1.82, 2.24) is 20.0 Å². The SMILES string of the molecule is CC1CNC2(CCCC2)CN1Cc1cnn(C)c1. The van der Waals surface area contributed by atoms with Crippen molar-refractivity contribution in [3.8, 4) is 0 Å². The van der Waals surface area contributed by atoms with Gasteiger partial charge in [0.05, 0.1) is 6.20 Å². The molecule has 1 unspecified atom stereocenters. The minimum atomic E-state index is 0.411. The van der Waals surface area contributed by atoms with Crippen LogP contribution in [0.2, 0.25) is 0 Å². The fraction of sp³-hybridized carbons (Fsp3) is 0.786. The molecule has 1 aromatic rings. The lowest BCUT2D eigenvalue weighted by molar-refractivity contribution is 0.0826. The summed E-state index contributed by atoms with van der Waals surface area (Å²) in [6, 6.07) is 0.622. The summed E-state index contributed by atoms with van der Waals surface area (Å²) in [5.74, 6) is 0. The van der Waals surface area contributed by atoms with E-state index in [4.69, 9.17) is 0 Å². The molecule has 3 rings (SSSR count). The van der Waals surface area contributed by atoms with Crippen LogP contribution in [0.4, 0.5) is 0 Å². The van der Waals surface area contributed by atoms with E-state index in [1.54, 1.807) is 0 Å². The first-order valence-electron chi connectivity index (χ1n) is 7.13. The Morgan fingerprint density at radius 1 is 1.44 bits per heavy atom. The maximum Gasteiger partial charge on any atom is 0.0534 e. The van der Waals surface area contributed by atoms with Crippen LogP contribution >= 0.6 is 0 Å². The number of aryl methyl sites for hydroxylation is 1. The zero-order valence-corrected chi connectivity index (χ0v) is 11.5. The second-order valence-electron chi connectivity index (χ2n) is 6.14. The lowest BCUT2D eigenvalue weighted by Crippen LogP contribution is -2.61. The highest BCUT2D eigenvalue weighted by Crippen LogP contribution is 2.33. The van der Waals surface area contributed by atoms with Crippen LogP contribution in [0.3, 0.4) is 0 Å². The summed E-state index contributed by atoms with van der Waals surface area (Å²) in [5, 5.41) is 8.07. The van der Waals surface area contributed by atoms with Crippen LogP contribution in [0.5, 0.6) is 0 Å². The standard InChI is InChI=1S/C14H24N4/c1-12-7-15-14(5-3-4-6-14)11-18(12)10-13-8-16-17(2)9-13/h8-9,12,15H,3-7,10-11H2,1-2H3. The van der Waals surface area contributed by atoms with Crippen LogP contribution < -0.4 is 5.32 Å². The van der Waals surface area contributed by atoms with Gasteiger partial charge in [0, 0.05) is 50.0 Å². The summed E-state index contributed by atoms with van der Waals surface area (Å²) in [6.45, 7) is 5.69. The molecule has 0 bridgehead atoms. The molecule has 1 N–H and O–H groups in total. The molecule has 1 atom stereocenters. The van der Waals surface area contributed by atoms with Gasteiger partial charge in [0.2, 0.25) is 0 Å². The third-order valence-electron chi connectivity index (χ3n) is 4.61. The molecule has 2 fully saturated rings. The van der Waals surface area contributed by atoms with Gasteiger partial charge in [-0.1, -0.05) is 12.8 Å². The summed E-state index contributed by atoms with van der Waals surface area (Å²) in [5.41, 5.74) is 1.74. The first kappa shape index (κ1) is 12.2. The molecule has 2 aliphatic rings. The molecule has 0 amide bonds. The second kappa shape index (κ2) is 4.67. The molecule has 1 saturated carbocycles. The van der Waals surface area contributed by atoms with Gasteiger partial charge in [0.15, 0.2) is 0 Å². The Morgan fingerprint density at radius 2 is 2.22 bits per heavy atom. The molecular weight excluding hydrogens is 224 g/mol. The fourth-order valence-electron chi connectivity index (χ4n) is 3.48. The van der Waals surface area contributed by atoms with E-state index in [1.165, 1.54) is 37.8 Å². The maximum atomic E-state index is 4.27. The lowest BCUT2D eigenvalue weighted by Gasteiger charge is -2.45. The van der Waals surface area contributed by atoms with Crippen molar-refractivity contribution >= 4 is 0 Å². The minimum Gasteiger partial charge on any atom is -0.308 e. The molecule has 1 aliphatic heterocycles. The number of hydrogen-bond donors (Lipinski definition) is 1. The normalized spacial score (nSPS) is 28.0. The molecule has 1 saturated heterocycles. The van der Waals surface area contributed by atoms with Gasteiger partial charge in [-0.2, -0.15) is 5.10 Å². The average molecular weight is 248 g/mol. The third-order valence-corrected chi connectivity index (χ3v) is 4.61. The Bertz CT molecular complexity index is 406. The highest BCUT2D eigenvalue weighted by Gasteiger charge is 2.39. The molecular formula is C14H24N4. The van der Waals surface area contributed by atoms with Gasteiger partial charge in [0.1, 0.15) is 0 Å². The molecule has 1 aliphatic carbocycles. The monoisotopic (exact) mass is 248 g/mol. The van der Waals surface area contributed by atoms with E-state index < -0.39 is 0 Å². The summed E-state index contributed by atoms with van der Waals surface area (Å²) < 4.78 is 1.90.